The Morgan fingerprint density at radius 3 is 2.58 bits per heavy atom. The van der Waals surface area contributed by atoms with Crippen molar-refractivity contribution in [1.29, 1.82) is 5.26 Å². The number of nitriles is 1. The summed E-state index contributed by atoms with van der Waals surface area (Å²) < 4.78 is 28.9. The number of nitrogens with one attached hydrogen (secondary N) is 1. The number of hydrogen-bond acceptors (Lipinski definition) is 8. The summed E-state index contributed by atoms with van der Waals surface area (Å²) in [6, 6.07) is 11.7. The summed E-state index contributed by atoms with van der Waals surface area (Å²) in [6.07, 6.45) is 3.34. The number of primary sulfonamides is 1. The van der Waals surface area contributed by atoms with Gasteiger partial charge in [0.1, 0.15) is 0 Å². The zero-order valence-corrected chi connectivity index (χ0v) is 21.7. The van der Waals surface area contributed by atoms with Crippen LogP contribution >= 0.6 is 23.2 Å². The van der Waals surface area contributed by atoms with E-state index in [2.05, 4.69) is 26.3 Å². The smallest absolute Gasteiger partial charge is 0.238 e. The van der Waals surface area contributed by atoms with Gasteiger partial charge in [0, 0.05) is 43.0 Å². The molecule has 1 saturated heterocycles. The Kier molecular flexibility index (Phi) is 7.97. The van der Waals surface area contributed by atoms with Crippen LogP contribution in [0.25, 0.3) is 0 Å². The van der Waals surface area contributed by atoms with Gasteiger partial charge in [-0.1, -0.05) is 29.3 Å². The normalized spacial score (nSPS) is 14.9. The molecule has 4 rings (SSSR count). The first kappa shape index (κ1) is 26.1. The van der Waals surface area contributed by atoms with Gasteiger partial charge in [-0.15, -0.1) is 0 Å². The lowest BCUT2D eigenvalue weighted by Gasteiger charge is -2.32. The maximum Gasteiger partial charge on any atom is 0.238 e. The zero-order chi connectivity index (χ0) is 25.9. The van der Waals surface area contributed by atoms with Crippen LogP contribution in [0.4, 0.5) is 5.95 Å². The van der Waals surface area contributed by atoms with Gasteiger partial charge >= 0.3 is 0 Å². The standard InChI is InChI=1S/C24H24Cl2N6O3S/c1-15-10-16(13-27)11-21(26)23(15)35-22-4-7-29-24(31-22)30-18-5-8-32(9-6-18)14-17-2-3-19(12-20(17)25)36(28,33)34/h2-4,7,10-12,18H,5-6,8-9,14H2,1H3,(H2,28,33,34)(H,29,30,31). The van der Waals surface area contributed by atoms with Crippen LogP contribution in [0, 0.1) is 18.3 Å². The summed E-state index contributed by atoms with van der Waals surface area (Å²) >= 11 is 12.6. The average molecular weight is 547 g/mol. The quantitative estimate of drug-likeness (QED) is 0.442. The van der Waals surface area contributed by atoms with Crippen LogP contribution in [0.5, 0.6) is 11.6 Å². The van der Waals surface area contributed by atoms with E-state index in [0.29, 0.717) is 39.7 Å². The average Bonchev–Trinajstić information content (AvgIpc) is 2.83. The second kappa shape index (κ2) is 11.0. The van der Waals surface area contributed by atoms with E-state index < -0.39 is 10.0 Å². The molecule has 1 aromatic heterocycles. The largest absolute Gasteiger partial charge is 0.437 e. The van der Waals surface area contributed by atoms with E-state index in [4.69, 9.17) is 38.3 Å². The highest BCUT2D eigenvalue weighted by molar-refractivity contribution is 7.89. The third kappa shape index (κ3) is 6.43. The zero-order valence-electron chi connectivity index (χ0n) is 19.4. The number of nitrogens with two attached hydrogens (primary N) is 1. The number of ether oxygens (including phenoxy) is 1. The van der Waals surface area contributed by atoms with Gasteiger partial charge in [0.05, 0.1) is 21.6 Å². The molecule has 2 heterocycles. The van der Waals surface area contributed by atoms with Crippen molar-refractivity contribution in [2.45, 2.75) is 37.2 Å². The molecule has 36 heavy (non-hydrogen) atoms. The van der Waals surface area contributed by atoms with E-state index in [9.17, 15) is 8.42 Å². The first-order valence-electron chi connectivity index (χ1n) is 11.1. The summed E-state index contributed by atoms with van der Waals surface area (Å²) in [6.45, 7) is 4.07. The van der Waals surface area contributed by atoms with Crippen LogP contribution in [0.2, 0.25) is 10.0 Å². The van der Waals surface area contributed by atoms with E-state index in [-0.39, 0.29) is 10.9 Å². The topological polar surface area (TPSA) is 134 Å². The lowest BCUT2D eigenvalue weighted by Crippen LogP contribution is -2.39. The van der Waals surface area contributed by atoms with Crippen LogP contribution in [-0.2, 0) is 16.6 Å². The van der Waals surface area contributed by atoms with Gasteiger partial charge in [0.15, 0.2) is 5.75 Å². The minimum absolute atomic E-state index is 0.00184. The number of anilines is 1. The number of nitrogens with zero attached hydrogens (tertiary/aromatic N) is 4. The number of piperidine rings is 1. The molecule has 3 N–H and O–H groups in total. The molecule has 0 atom stereocenters. The number of aryl methyl sites for hydroxylation is 1. The summed E-state index contributed by atoms with van der Waals surface area (Å²) in [7, 11) is -3.79. The lowest BCUT2D eigenvalue weighted by atomic mass is 10.0. The molecule has 188 valence electrons. The van der Waals surface area contributed by atoms with Crippen LogP contribution in [0.3, 0.4) is 0 Å². The second-order valence-corrected chi connectivity index (χ2v) is 10.9. The molecule has 3 aromatic rings. The first-order valence-corrected chi connectivity index (χ1v) is 13.4. The molecule has 9 nitrogen and oxygen atoms in total. The Morgan fingerprint density at radius 1 is 1.19 bits per heavy atom. The SMILES string of the molecule is Cc1cc(C#N)cc(Cl)c1Oc1ccnc(NC2CCN(Cc3ccc(S(N)(=O)=O)cc3Cl)CC2)n1. The van der Waals surface area contributed by atoms with Gasteiger partial charge in [-0.3, -0.25) is 4.90 Å². The lowest BCUT2D eigenvalue weighted by molar-refractivity contribution is 0.211. The van der Waals surface area contributed by atoms with Crippen molar-refractivity contribution in [2.24, 2.45) is 5.14 Å². The molecule has 0 radical (unpaired) electrons. The van der Waals surface area contributed by atoms with Crippen LogP contribution < -0.4 is 15.2 Å². The van der Waals surface area contributed by atoms with E-state index in [1.54, 1.807) is 30.5 Å². The number of benzene rings is 2. The maximum atomic E-state index is 11.5. The Labute approximate surface area is 219 Å². The molecule has 12 heteroatoms. The van der Waals surface area contributed by atoms with Crippen molar-refractivity contribution in [3.8, 4) is 17.7 Å². The van der Waals surface area contributed by atoms with Crippen molar-refractivity contribution in [3.63, 3.8) is 0 Å². The summed E-state index contributed by atoms with van der Waals surface area (Å²) in [5.41, 5.74) is 2.04. The van der Waals surface area contributed by atoms with Crippen molar-refractivity contribution < 1.29 is 13.2 Å². The number of hydrogen-bond donors (Lipinski definition) is 2. The van der Waals surface area contributed by atoms with Gasteiger partial charge in [-0.05, 0) is 55.2 Å². The van der Waals surface area contributed by atoms with Gasteiger partial charge in [-0.2, -0.15) is 10.2 Å². The number of likely N-dealkylation sites (tertiary alicyclic amines) is 1. The van der Waals surface area contributed by atoms with Crippen molar-refractivity contribution in [3.05, 3.63) is 69.3 Å². The minimum Gasteiger partial charge on any atom is -0.437 e. The summed E-state index contributed by atoms with van der Waals surface area (Å²) in [5, 5.41) is 18.3. The number of sulfonamides is 1. The van der Waals surface area contributed by atoms with Crippen molar-refractivity contribution in [2.75, 3.05) is 18.4 Å². The fraction of sp³-hybridized carbons (Fsp3) is 0.292. The molecule has 0 aliphatic carbocycles. The fourth-order valence-corrected chi connectivity index (χ4v) is 5.14. The molecule has 1 aliphatic heterocycles. The number of aromatic nitrogens is 2. The van der Waals surface area contributed by atoms with Gasteiger partial charge < -0.3 is 10.1 Å². The highest BCUT2D eigenvalue weighted by Crippen LogP contribution is 2.33. The Morgan fingerprint density at radius 2 is 1.94 bits per heavy atom. The van der Waals surface area contributed by atoms with Crippen LogP contribution in [0.1, 0.15) is 29.5 Å². The van der Waals surface area contributed by atoms with E-state index in [1.165, 1.54) is 12.1 Å². The fourth-order valence-electron chi connectivity index (χ4n) is 3.99. The monoisotopic (exact) mass is 546 g/mol. The third-order valence-electron chi connectivity index (χ3n) is 5.86. The Bertz CT molecular complexity index is 1400. The van der Waals surface area contributed by atoms with Gasteiger partial charge in [0.25, 0.3) is 0 Å². The van der Waals surface area contributed by atoms with Crippen molar-refractivity contribution >= 4 is 39.2 Å². The predicted octanol–water partition coefficient (Wildman–Crippen LogP) is 4.48. The van der Waals surface area contributed by atoms with E-state index in [0.717, 1.165) is 37.1 Å². The number of halogens is 2. The van der Waals surface area contributed by atoms with Gasteiger partial charge in [-0.25, -0.2) is 18.5 Å². The molecule has 1 fully saturated rings. The summed E-state index contributed by atoms with van der Waals surface area (Å²) in [4.78, 5) is 11.0. The van der Waals surface area contributed by atoms with E-state index >= 15 is 0 Å². The second-order valence-electron chi connectivity index (χ2n) is 8.53. The molecule has 0 amide bonds. The van der Waals surface area contributed by atoms with Gasteiger partial charge in [0.2, 0.25) is 21.9 Å². The molecular weight excluding hydrogens is 523 g/mol. The first-order chi connectivity index (χ1) is 17.1. The highest BCUT2D eigenvalue weighted by Gasteiger charge is 2.21. The highest BCUT2D eigenvalue weighted by atomic mass is 35.5. The number of rotatable bonds is 7. The Hall–Kier alpha value is -2.94. The molecule has 0 unspecified atom stereocenters. The summed E-state index contributed by atoms with van der Waals surface area (Å²) in [5.74, 6) is 1.25. The maximum absolute atomic E-state index is 11.5. The van der Waals surface area contributed by atoms with E-state index in [1.807, 2.05) is 6.92 Å². The predicted molar refractivity (Wildman–Crippen MR) is 138 cm³/mol. The minimum atomic E-state index is -3.79. The Balaban J connectivity index is 1.34. The molecule has 0 bridgehead atoms. The molecule has 1 aliphatic rings. The van der Waals surface area contributed by atoms with Crippen LogP contribution in [-0.4, -0.2) is 42.4 Å². The molecular formula is C24H24Cl2N6O3S. The third-order valence-corrected chi connectivity index (χ3v) is 7.41. The molecule has 2 aromatic carbocycles. The molecule has 0 saturated carbocycles. The molecule has 0 spiro atoms. The van der Waals surface area contributed by atoms with Crippen LogP contribution in [0.15, 0.2) is 47.5 Å². The van der Waals surface area contributed by atoms with Crippen molar-refractivity contribution in [1.82, 2.24) is 14.9 Å².